The van der Waals surface area contributed by atoms with Crippen LogP contribution in [-0.4, -0.2) is 14.1 Å². The summed E-state index contributed by atoms with van der Waals surface area (Å²) in [7, 11) is 4.09. The first-order chi connectivity index (χ1) is 9.06. The molecule has 0 aliphatic heterocycles. The zero-order valence-electron chi connectivity index (χ0n) is 11.8. The van der Waals surface area contributed by atoms with Crippen molar-refractivity contribution in [2.45, 2.75) is 13.5 Å². The second kappa shape index (κ2) is 5.65. The summed E-state index contributed by atoms with van der Waals surface area (Å²) < 4.78 is 0. The summed E-state index contributed by atoms with van der Waals surface area (Å²) in [5.41, 5.74) is 11.3. The molecule has 3 N–H and O–H groups in total. The number of nitrogens with two attached hydrogens (primary N) is 1. The molecular formula is C16H21N3. The summed E-state index contributed by atoms with van der Waals surface area (Å²) >= 11 is 0. The van der Waals surface area contributed by atoms with Gasteiger partial charge in [-0.05, 0) is 48.4 Å². The molecule has 0 bridgehead atoms. The van der Waals surface area contributed by atoms with Crippen molar-refractivity contribution in [1.29, 1.82) is 0 Å². The van der Waals surface area contributed by atoms with Gasteiger partial charge >= 0.3 is 0 Å². The van der Waals surface area contributed by atoms with E-state index in [1.54, 1.807) is 0 Å². The number of hydrogen-bond acceptors (Lipinski definition) is 3. The molecule has 0 atom stereocenters. The van der Waals surface area contributed by atoms with Crippen LogP contribution in [0.3, 0.4) is 0 Å². The fraction of sp³-hybridized carbons (Fsp3) is 0.250. The first-order valence-corrected chi connectivity index (χ1v) is 6.42. The van der Waals surface area contributed by atoms with E-state index in [9.17, 15) is 0 Å². The minimum Gasteiger partial charge on any atom is -0.399 e. The highest BCUT2D eigenvalue weighted by Crippen LogP contribution is 2.19. The average molecular weight is 255 g/mol. The predicted octanol–water partition coefficient (Wildman–Crippen LogP) is 3.26. The Morgan fingerprint density at radius 3 is 2.32 bits per heavy atom. The van der Waals surface area contributed by atoms with E-state index in [1.807, 2.05) is 32.3 Å². The highest BCUT2D eigenvalue weighted by Gasteiger charge is 2.00. The van der Waals surface area contributed by atoms with Crippen LogP contribution in [0.25, 0.3) is 0 Å². The number of hydrogen-bond donors (Lipinski definition) is 2. The SMILES string of the molecule is Cc1cc(N)ccc1NCc1ccc(N(C)C)cc1. The Labute approximate surface area is 115 Å². The van der Waals surface area contributed by atoms with Crippen LogP contribution < -0.4 is 16.0 Å². The number of aryl methyl sites for hydroxylation is 1. The maximum absolute atomic E-state index is 5.75. The molecule has 19 heavy (non-hydrogen) atoms. The van der Waals surface area contributed by atoms with Crippen molar-refractivity contribution in [1.82, 2.24) is 0 Å². The molecule has 0 saturated carbocycles. The lowest BCUT2D eigenvalue weighted by molar-refractivity contribution is 1.11. The third-order valence-corrected chi connectivity index (χ3v) is 3.19. The average Bonchev–Trinajstić information content (AvgIpc) is 2.38. The Morgan fingerprint density at radius 2 is 1.74 bits per heavy atom. The number of anilines is 3. The molecule has 2 rings (SSSR count). The highest BCUT2D eigenvalue weighted by atomic mass is 15.1. The van der Waals surface area contributed by atoms with Gasteiger partial charge in [-0.2, -0.15) is 0 Å². The summed E-state index contributed by atoms with van der Waals surface area (Å²) in [5.74, 6) is 0. The predicted molar refractivity (Wildman–Crippen MR) is 83.7 cm³/mol. The molecule has 0 radical (unpaired) electrons. The van der Waals surface area contributed by atoms with Gasteiger partial charge in [0.2, 0.25) is 0 Å². The van der Waals surface area contributed by atoms with E-state index < -0.39 is 0 Å². The van der Waals surface area contributed by atoms with Gasteiger partial charge < -0.3 is 16.0 Å². The van der Waals surface area contributed by atoms with Gasteiger partial charge in [-0.15, -0.1) is 0 Å². The normalized spacial score (nSPS) is 10.3. The van der Waals surface area contributed by atoms with E-state index in [2.05, 4.69) is 41.4 Å². The second-order valence-electron chi connectivity index (χ2n) is 4.99. The van der Waals surface area contributed by atoms with Crippen molar-refractivity contribution in [3.63, 3.8) is 0 Å². The van der Waals surface area contributed by atoms with Gasteiger partial charge in [0.15, 0.2) is 0 Å². The zero-order chi connectivity index (χ0) is 13.8. The Hall–Kier alpha value is -2.16. The van der Waals surface area contributed by atoms with Gasteiger partial charge in [0.1, 0.15) is 0 Å². The third-order valence-electron chi connectivity index (χ3n) is 3.19. The topological polar surface area (TPSA) is 41.3 Å². The molecule has 2 aromatic rings. The van der Waals surface area contributed by atoms with Crippen molar-refractivity contribution in [2.24, 2.45) is 0 Å². The van der Waals surface area contributed by atoms with Gasteiger partial charge in [0, 0.05) is 37.7 Å². The largest absolute Gasteiger partial charge is 0.399 e. The molecule has 100 valence electrons. The molecule has 0 spiro atoms. The van der Waals surface area contributed by atoms with Crippen LogP contribution >= 0.6 is 0 Å². The van der Waals surface area contributed by atoms with Crippen molar-refractivity contribution in [3.8, 4) is 0 Å². The minimum atomic E-state index is 0.804. The van der Waals surface area contributed by atoms with Crippen molar-refractivity contribution >= 4 is 17.1 Å². The van der Waals surface area contributed by atoms with Crippen LogP contribution in [0.1, 0.15) is 11.1 Å². The summed E-state index contributed by atoms with van der Waals surface area (Å²) in [6, 6.07) is 14.5. The highest BCUT2D eigenvalue weighted by molar-refractivity contribution is 5.57. The first-order valence-electron chi connectivity index (χ1n) is 6.42. The van der Waals surface area contributed by atoms with Crippen LogP contribution in [0.2, 0.25) is 0 Å². The maximum atomic E-state index is 5.75. The van der Waals surface area contributed by atoms with Gasteiger partial charge in [-0.25, -0.2) is 0 Å². The lowest BCUT2D eigenvalue weighted by Crippen LogP contribution is -2.08. The Bertz CT molecular complexity index is 544. The summed E-state index contributed by atoms with van der Waals surface area (Å²) in [6.45, 7) is 2.88. The standard InChI is InChI=1S/C16H21N3/c1-12-10-14(17)6-9-16(12)18-11-13-4-7-15(8-5-13)19(2)3/h4-10,18H,11,17H2,1-3H3. The number of nitrogens with one attached hydrogen (secondary N) is 1. The third kappa shape index (κ3) is 3.41. The van der Waals surface area contributed by atoms with Gasteiger partial charge in [-0.3, -0.25) is 0 Å². The smallest absolute Gasteiger partial charge is 0.0400 e. The molecule has 0 fully saturated rings. The van der Waals surface area contributed by atoms with Crippen molar-refractivity contribution in [3.05, 3.63) is 53.6 Å². The Kier molecular flexibility index (Phi) is 3.95. The molecular weight excluding hydrogens is 234 g/mol. The Morgan fingerprint density at radius 1 is 1.05 bits per heavy atom. The molecule has 2 aromatic carbocycles. The maximum Gasteiger partial charge on any atom is 0.0400 e. The second-order valence-corrected chi connectivity index (χ2v) is 4.99. The lowest BCUT2D eigenvalue weighted by Gasteiger charge is -2.14. The van der Waals surface area contributed by atoms with E-state index in [-0.39, 0.29) is 0 Å². The van der Waals surface area contributed by atoms with Gasteiger partial charge in [0.25, 0.3) is 0 Å². The van der Waals surface area contributed by atoms with Crippen molar-refractivity contribution in [2.75, 3.05) is 30.0 Å². The van der Waals surface area contributed by atoms with E-state index in [0.29, 0.717) is 0 Å². The molecule has 0 aromatic heterocycles. The Balaban J connectivity index is 2.02. The van der Waals surface area contributed by atoms with Crippen molar-refractivity contribution < 1.29 is 0 Å². The minimum absolute atomic E-state index is 0.804. The molecule has 0 aliphatic carbocycles. The van der Waals surface area contributed by atoms with E-state index in [0.717, 1.165) is 17.9 Å². The molecule has 0 aliphatic rings. The number of rotatable bonds is 4. The fourth-order valence-corrected chi connectivity index (χ4v) is 1.99. The van der Waals surface area contributed by atoms with Crippen LogP contribution in [-0.2, 0) is 6.54 Å². The number of nitrogens with zero attached hydrogens (tertiary/aromatic N) is 1. The zero-order valence-corrected chi connectivity index (χ0v) is 11.8. The molecule has 0 amide bonds. The van der Waals surface area contributed by atoms with Crippen LogP contribution in [0.5, 0.6) is 0 Å². The lowest BCUT2D eigenvalue weighted by atomic mass is 10.1. The quantitative estimate of drug-likeness (QED) is 0.824. The monoisotopic (exact) mass is 255 g/mol. The van der Waals surface area contributed by atoms with Crippen LogP contribution in [0.4, 0.5) is 17.1 Å². The van der Waals surface area contributed by atoms with Crippen LogP contribution in [0.15, 0.2) is 42.5 Å². The summed E-state index contributed by atoms with van der Waals surface area (Å²) in [4.78, 5) is 2.10. The molecule has 0 heterocycles. The molecule has 0 saturated heterocycles. The molecule has 3 nitrogen and oxygen atoms in total. The number of benzene rings is 2. The van der Waals surface area contributed by atoms with E-state index >= 15 is 0 Å². The number of nitrogen functional groups attached to an aromatic ring is 1. The van der Waals surface area contributed by atoms with E-state index in [4.69, 9.17) is 5.73 Å². The van der Waals surface area contributed by atoms with E-state index in [1.165, 1.54) is 16.8 Å². The first kappa shape index (κ1) is 13.3. The molecule has 3 heteroatoms. The summed E-state index contributed by atoms with van der Waals surface area (Å²) in [5, 5.41) is 3.44. The fourth-order valence-electron chi connectivity index (χ4n) is 1.99. The summed E-state index contributed by atoms with van der Waals surface area (Å²) in [6.07, 6.45) is 0. The van der Waals surface area contributed by atoms with Crippen LogP contribution in [0, 0.1) is 6.92 Å². The molecule has 0 unspecified atom stereocenters. The van der Waals surface area contributed by atoms with Gasteiger partial charge in [0.05, 0.1) is 0 Å². The van der Waals surface area contributed by atoms with Gasteiger partial charge in [-0.1, -0.05) is 12.1 Å².